The van der Waals surface area contributed by atoms with Gasteiger partial charge in [-0.3, -0.25) is 10.4 Å². The van der Waals surface area contributed by atoms with E-state index in [0.29, 0.717) is 23.1 Å². The lowest BCUT2D eigenvalue weighted by Gasteiger charge is -2.20. The van der Waals surface area contributed by atoms with Crippen LogP contribution in [0.1, 0.15) is 29.8 Å². The first-order chi connectivity index (χ1) is 14.4. The van der Waals surface area contributed by atoms with Gasteiger partial charge in [0, 0.05) is 29.9 Å². The van der Waals surface area contributed by atoms with Gasteiger partial charge in [-0.15, -0.1) is 0 Å². The Balaban J connectivity index is 1.44. The number of amides is 2. The van der Waals surface area contributed by atoms with Crippen molar-refractivity contribution in [1.29, 1.82) is 0 Å². The fraction of sp³-hybridized carbons (Fsp3) is 0.150. The molecule has 0 aliphatic carbocycles. The lowest BCUT2D eigenvalue weighted by atomic mass is 10.1. The minimum Gasteiger partial charge on any atom is -0.367 e. The average Bonchev–Trinajstić information content (AvgIpc) is 3.13. The SMILES string of the molecule is C[C@@H](NC(=O)NC1=Cc2[nH]nc(-c3ccnc(Cl)c3)c2CN1)c1ccc(F)c(Cl)c1. The van der Waals surface area contributed by atoms with Crippen LogP contribution in [-0.2, 0) is 6.54 Å². The molecule has 3 aromatic rings. The second kappa shape index (κ2) is 8.33. The molecule has 0 saturated heterocycles. The van der Waals surface area contributed by atoms with E-state index in [1.165, 1.54) is 12.1 Å². The summed E-state index contributed by atoms with van der Waals surface area (Å²) in [5.41, 5.74) is 4.05. The third-order valence-corrected chi connectivity index (χ3v) is 5.18. The number of benzene rings is 1. The third kappa shape index (κ3) is 4.24. The number of nitrogens with one attached hydrogen (secondary N) is 4. The van der Waals surface area contributed by atoms with E-state index in [1.54, 1.807) is 31.3 Å². The number of aromatic nitrogens is 3. The number of hydrogen-bond donors (Lipinski definition) is 4. The van der Waals surface area contributed by atoms with Crippen molar-refractivity contribution in [3.63, 3.8) is 0 Å². The van der Waals surface area contributed by atoms with Gasteiger partial charge in [-0.25, -0.2) is 14.2 Å². The van der Waals surface area contributed by atoms with Crippen molar-refractivity contribution in [3.05, 3.63) is 75.2 Å². The molecule has 2 amide bonds. The molecule has 1 aliphatic rings. The number of carbonyl (C=O) groups excluding carboxylic acids is 1. The van der Waals surface area contributed by atoms with Crippen molar-refractivity contribution in [2.45, 2.75) is 19.5 Å². The van der Waals surface area contributed by atoms with Crippen LogP contribution >= 0.6 is 23.2 Å². The minimum atomic E-state index is -0.502. The second-order valence-corrected chi connectivity index (χ2v) is 7.53. The highest BCUT2D eigenvalue weighted by molar-refractivity contribution is 6.30. The molecule has 30 heavy (non-hydrogen) atoms. The summed E-state index contributed by atoms with van der Waals surface area (Å²) in [6, 6.07) is 7.13. The number of nitrogens with zero attached hydrogens (tertiary/aromatic N) is 2. The highest BCUT2D eigenvalue weighted by Gasteiger charge is 2.20. The molecule has 0 spiro atoms. The van der Waals surface area contributed by atoms with Crippen LogP contribution in [0.25, 0.3) is 17.3 Å². The first kappa shape index (κ1) is 20.2. The summed E-state index contributed by atoms with van der Waals surface area (Å²) >= 11 is 11.8. The molecule has 3 heterocycles. The van der Waals surface area contributed by atoms with Crippen molar-refractivity contribution >= 4 is 35.3 Å². The summed E-state index contributed by atoms with van der Waals surface area (Å²) in [6.07, 6.45) is 3.38. The zero-order valence-corrected chi connectivity index (χ0v) is 17.3. The number of rotatable bonds is 4. The van der Waals surface area contributed by atoms with Crippen LogP contribution in [0.3, 0.4) is 0 Å². The number of carbonyl (C=O) groups is 1. The number of urea groups is 1. The van der Waals surface area contributed by atoms with Gasteiger partial charge in [-0.1, -0.05) is 29.3 Å². The van der Waals surface area contributed by atoms with E-state index >= 15 is 0 Å². The molecule has 0 saturated carbocycles. The standard InChI is InChI=1S/C20H17Cl2FN6O/c1-10(11-2-3-15(23)14(21)6-11)26-20(30)27-18-8-16-13(9-25-18)19(29-28-16)12-4-5-24-17(22)7-12/h2-8,10,25H,9H2,1H3,(H,28,29)(H2,26,27,30)/t10-/m1/s1. The molecule has 4 rings (SSSR count). The minimum absolute atomic E-state index is 0.0104. The predicted molar refractivity (Wildman–Crippen MR) is 113 cm³/mol. The average molecular weight is 447 g/mol. The number of pyridine rings is 1. The summed E-state index contributed by atoms with van der Waals surface area (Å²) < 4.78 is 13.3. The molecule has 2 aromatic heterocycles. The zero-order chi connectivity index (χ0) is 21.3. The smallest absolute Gasteiger partial charge is 0.320 e. The van der Waals surface area contributed by atoms with E-state index in [9.17, 15) is 9.18 Å². The molecule has 10 heteroatoms. The fourth-order valence-corrected chi connectivity index (χ4v) is 3.51. The van der Waals surface area contributed by atoms with Crippen LogP contribution < -0.4 is 16.0 Å². The molecule has 1 atom stereocenters. The quantitative estimate of drug-likeness (QED) is 0.447. The van der Waals surface area contributed by atoms with E-state index in [0.717, 1.165) is 22.5 Å². The van der Waals surface area contributed by atoms with Crippen molar-refractivity contribution in [3.8, 4) is 11.3 Å². The topological polar surface area (TPSA) is 94.7 Å². The number of hydrogen-bond acceptors (Lipinski definition) is 4. The van der Waals surface area contributed by atoms with Crippen LogP contribution in [0.2, 0.25) is 10.2 Å². The van der Waals surface area contributed by atoms with Gasteiger partial charge in [0.1, 0.15) is 16.8 Å². The summed E-state index contributed by atoms with van der Waals surface area (Å²) in [6.45, 7) is 2.25. The van der Waals surface area contributed by atoms with Crippen LogP contribution in [0.5, 0.6) is 0 Å². The Labute approximate surface area is 181 Å². The van der Waals surface area contributed by atoms with E-state index < -0.39 is 11.8 Å². The first-order valence-electron chi connectivity index (χ1n) is 9.08. The van der Waals surface area contributed by atoms with Gasteiger partial charge in [0.15, 0.2) is 0 Å². The fourth-order valence-electron chi connectivity index (χ4n) is 3.14. The van der Waals surface area contributed by atoms with Crippen molar-refractivity contribution in [1.82, 2.24) is 31.1 Å². The van der Waals surface area contributed by atoms with Crippen LogP contribution in [-0.4, -0.2) is 21.2 Å². The Bertz CT molecular complexity index is 1150. The van der Waals surface area contributed by atoms with Gasteiger partial charge >= 0.3 is 6.03 Å². The molecule has 0 fully saturated rings. The molecular formula is C20H17Cl2FN6O. The highest BCUT2D eigenvalue weighted by atomic mass is 35.5. The Hall–Kier alpha value is -3.10. The zero-order valence-electron chi connectivity index (χ0n) is 15.8. The lowest BCUT2D eigenvalue weighted by molar-refractivity contribution is 0.239. The molecule has 0 radical (unpaired) electrons. The van der Waals surface area contributed by atoms with Gasteiger partial charge in [0.25, 0.3) is 0 Å². The summed E-state index contributed by atoms with van der Waals surface area (Å²) in [5.74, 6) is 0.0182. The maximum absolute atomic E-state index is 13.3. The predicted octanol–water partition coefficient (Wildman–Crippen LogP) is 4.38. The lowest BCUT2D eigenvalue weighted by Crippen LogP contribution is -2.40. The molecule has 4 N–H and O–H groups in total. The van der Waals surface area contributed by atoms with Gasteiger partial charge in [0.2, 0.25) is 0 Å². The van der Waals surface area contributed by atoms with Crippen LogP contribution in [0, 0.1) is 5.82 Å². The third-order valence-electron chi connectivity index (χ3n) is 4.68. The van der Waals surface area contributed by atoms with Crippen molar-refractivity contribution in [2.75, 3.05) is 0 Å². The van der Waals surface area contributed by atoms with Crippen LogP contribution in [0.15, 0.2) is 42.3 Å². The maximum atomic E-state index is 13.3. The molecule has 0 bridgehead atoms. The summed E-state index contributed by atoms with van der Waals surface area (Å²) in [7, 11) is 0. The second-order valence-electron chi connectivity index (χ2n) is 6.74. The van der Waals surface area contributed by atoms with E-state index in [1.807, 2.05) is 6.07 Å². The largest absolute Gasteiger partial charge is 0.367 e. The molecule has 7 nitrogen and oxygen atoms in total. The monoisotopic (exact) mass is 446 g/mol. The molecule has 0 unspecified atom stereocenters. The van der Waals surface area contributed by atoms with Gasteiger partial charge in [-0.05, 0) is 36.8 Å². The first-order valence-corrected chi connectivity index (χ1v) is 9.83. The Morgan fingerprint density at radius 2 is 2.10 bits per heavy atom. The molecule has 1 aliphatic heterocycles. The van der Waals surface area contributed by atoms with Crippen LogP contribution in [0.4, 0.5) is 9.18 Å². The normalized spacial score (nSPS) is 13.7. The van der Waals surface area contributed by atoms with E-state index in [4.69, 9.17) is 23.2 Å². The van der Waals surface area contributed by atoms with Gasteiger partial charge < -0.3 is 10.6 Å². The highest BCUT2D eigenvalue weighted by Crippen LogP contribution is 2.28. The Kier molecular flexibility index (Phi) is 5.61. The van der Waals surface area contributed by atoms with Crippen molar-refractivity contribution in [2.24, 2.45) is 0 Å². The maximum Gasteiger partial charge on any atom is 0.320 e. The summed E-state index contributed by atoms with van der Waals surface area (Å²) in [4.78, 5) is 16.3. The number of H-pyrrole nitrogens is 1. The number of halogens is 3. The molecule has 1 aromatic carbocycles. The van der Waals surface area contributed by atoms with Crippen molar-refractivity contribution < 1.29 is 9.18 Å². The number of fused-ring (bicyclic) bond motifs is 1. The van der Waals surface area contributed by atoms with E-state index in [2.05, 4.69) is 31.1 Å². The van der Waals surface area contributed by atoms with E-state index in [-0.39, 0.29) is 11.1 Å². The number of aromatic amines is 1. The molecular weight excluding hydrogens is 430 g/mol. The van der Waals surface area contributed by atoms with Gasteiger partial charge in [0.05, 0.1) is 22.5 Å². The summed E-state index contributed by atoms with van der Waals surface area (Å²) in [5, 5.41) is 16.4. The Morgan fingerprint density at radius 3 is 2.87 bits per heavy atom. The Morgan fingerprint density at radius 1 is 1.27 bits per heavy atom. The van der Waals surface area contributed by atoms with Gasteiger partial charge in [-0.2, -0.15) is 5.10 Å². The molecule has 154 valence electrons.